The number of nitrogens with zero attached hydrogens (tertiary/aromatic N) is 1. The molecule has 1 aromatic heterocycles. The second kappa shape index (κ2) is 4.97. The average Bonchev–Trinajstić information content (AvgIpc) is 2.37. The molecule has 0 saturated carbocycles. The molecule has 0 aliphatic carbocycles. The maximum absolute atomic E-state index is 12.0. The number of benzene rings is 1. The van der Waals surface area contributed by atoms with Gasteiger partial charge in [-0.25, -0.2) is 0 Å². The minimum atomic E-state index is -0.234. The Hall–Kier alpha value is -2.56. The van der Waals surface area contributed by atoms with Gasteiger partial charge in [0.05, 0.1) is 5.69 Å². The van der Waals surface area contributed by atoms with E-state index < -0.39 is 0 Å². The highest BCUT2D eigenvalue weighted by molar-refractivity contribution is 6.04. The number of nitrogen functional groups attached to an aromatic ring is 1. The van der Waals surface area contributed by atoms with Crippen molar-refractivity contribution in [2.75, 3.05) is 11.1 Å². The number of hydrogen-bond donors (Lipinski definition) is 2. The molecule has 0 saturated heterocycles. The summed E-state index contributed by atoms with van der Waals surface area (Å²) in [5.74, 6) is -0.234. The third kappa shape index (κ3) is 2.82. The molecular formula is C14H15N3O2. The first-order valence-electron chi connectivity index (χ1n) is 5.81. The number of carbonyl (C=O) groups excluding carboxylic acids is 1. The first kappa shape index (κ1) is 12.9. The fraction of sp³-hybridized carbons (Fsp3) is 0.143. The molecule has 0 unspecified atom stereocenters. The Bertz CT molecular complexity index is 689. The van der Waals surface area contributed by atoms with Gasteiger partial charge >= 0.3 is 0 Å². The van der Waals surface area contributed by atoms with Crippen molar-refractivity contribution in [2.45, 2.75) is 6.92 Å². The Morgan fingerprint density at radius 1 is 1.26 bits per heavy atom. The van der Waals surface area contributed by atoms with Crippen LogP contribution in [0, 0.1) is 6.92 Å². The van der Waals surface area contributed by atoms with Crippen molar-refractivity contribution in [2.24, 2.45) is 7.05 Å². The van der Waals surface area contributed by atoms with Crippen molar-refractivity contribution in [1.82, 2.24) is 4.57 Å². The third-order valence-electron chi connectivity index (χ3n) is 2.88. The molecule has 19 heavy (non-hydrogen) atoms. The fourth-order valence-electron chi connectivity index (χ4n) is 1.69. The number of rotatable bonds is 2. The average molecular weight is 257 g/mol. The lowest BCUT2D eigenvalue weighted by molar-refractivity contribution is 0.102. The molecule has 1 heterocycles. The zero-order chi connectivity index (χ0) is 14.0. The topological polar surface area (TPSA) is 77.1 Å². The molecule has 0 bridgehead atoms. The fourth-order valence-corrected chi connectivity index (χ4v) is 1.69. The van der Waals surface area contributed by atoms with Crippen molar-refractivity contribution in [3.8, 4) is 0 Å². The lowest BCUT2D eigenvalue weighted by atomic mass is 10.1. The van der Waals surface area contributed by atoms with Gasteiger partial charge in [0.1, 0.15) is 0 Å². The van der Waals surface area contributed by atoms with Crippen LogP contribution in [-0.2, 0) is 7.05 Å². The summed E-state index contributed by atoms with van der Waals surface area (Å²) in [5, 5.41) is 2.73. The molecule has 5 nitrogen and oxygen atoms in total. The van der Waals surface area contributed by atoms with Crippen LogP contribution in [0.5, 0.6) is 0 Å². The van der Waals surface area contributed by atoms with Gasteiger partial charge in [-0.05, 0) is 36.8 Å². The molecule has 5 heteroatoms. The van der Waals surface area contributed by atoms with E-state index in [0.717, 1.165) is 5.56 Å². The van der Waals surface area contributed by atoms with Crippen LogP contribution in [0.25, 0.3) is 0 Å². The van der Waals surface area contributed by atoms with Gasteiger partial charge in [-0.2, -0.15) is 0 Å². The number of hydrogen-bond acceptors (Lipinski definition) is 3. The molecule has 0 atom stereocenters. The molecule has 98 valence electrons. The van der Waals surface area contributed by atoms with Gasteiger partial charge in [0.25, 0.3) is 5.91 Å². The summed E-state index contributed by atoms with van der Waals surface area (Å²) < 4.78 is 1.41. The van der Waals surface area contributed by atoms with Crippen LogP contribution < -0.4 is 16.6 Å². The summed E-state index contributed by atoms with van der Waals surface area (Å²) in [6, 6.07) is 8.07. The van der Waals surface area contributed by atoms with E-state index in [2.05, 4.69) is 5.32 Å². The summed E-state index contributed by atoms with van der Waals surface area (Å²) in [6.07, 6.45) is 1.57. The van der Waals surface area contributed by atoms with Crippen LogP contribution in [0.3, 0.4) is 0 Å². The molecule has 3 N–H and O–H groups in total. The number of aromatic nitrogens is 1. The molecule has 2 rings (SSSR count). The van der Waals surface area contributed by atoms with E-state index in [1.807, 2.05) is 6.92 Å². The van der Waals surface area contributed by atoms with E-state index >= 15 is 0 Å². The van der Waals surface area contributed by atoms with Crippen LogP contribution in [0.2, 0.25) is 0 Å². The highest BCUT2D eigenvalue weighted by atomic mass is 16.1. The SMILES string of the molecule is Cc1cc(C(=O)Nc2ccc(=O)n(C)c2)ccc1N. The van der Waals surface area contributed by atoms with Crippen molar-refractivity contribution in [3.05, 3.63) is 58.0 Å². The van der Waals surface area contributed by atoms with Gasteiger partial charge in [0, 0.05) is 30.6 Å². The number of nitrogens with two attached hydrogens (primary N) is 1. The normalized spacial score (nSPS) is 10.2. The van der Waals surface area contributed by atoms with Crippen molar-refractivity contribution < 1.29 is 4.79 Å². The molecule has 1 amide bonds. The highest BCUT2D eigenvalue weighted by Crippen LogP contribution is 2.14. The summed E-state index contributed by atoms with van der Waals surface area (Å²) in [4.78, 5) is 23.3. The number of anilines is 2. The third-order valence-corrected chi connectivity index (χ3v) is 2.88. The first-order valence-corrected chi connectivity index (χ1v) is 5.81. The minimum absolute atomic E-state index is 0.124. The minimum Gasteiger partial charge on any atom is -0.399 e. The Morgan fingerprint density at radius 3 is 2.63 bits per heavy atom. The zero-order valence-corrected chi connectivity index (χ0v) is 10.8. The van der Waals surface area contributed by atoms with Gasteiger partial charge < -0.3 is 15.6 Å². The van der Waals surface area contributed by atoms with Gasteiger partial charge in [0.2, 0.25) is 5.56 Å². The number of amides is 1. The predicted molar refractivity (Wildman–Crippen MR) is 75.2 cm³/mol. The van der Waals surface area contributed by atoms with Gasteiger partial charge in [-0.3, -0.25) is 9.59 Å². The Kier molecular flexibility index (Phi) is 3.37. The maximum atomic E-state index is 12.0. The van der Waals surface area contributed by atoms with Crippen molar-refractivity contribution in [1.29, 1.82) is 0 Å². The van der Waals surface area contributed by atoms with Crippen molar-refractivity contribution >= 4 is 17.3 Å². The van der Waals surface area contributed by atoms with E-state index in [1.165, 1.54) is 10.6 Å². The summed E-state index contributed by atoms with van der Waals surface area (Å²) >= 11 is 0. The molecule has 0 aliphatic heterocycles. The molecule has 1 aromatic carbocycles. The van der Waals surface area contributed by atoms with Crippen LogP contribution in [0.4, 0.5) is 11.4 Å². The van der Waals surface area contributed by atoms with Gasteiger partial charge in [0.15, 0.2) is 0 Å². The van der Waals surface area contributed by atoms with Crippen molar-refractivity contribution in [3.63, 3.8) is 0 Å². The maximum Gasteiger partial charge on any atom is 0.255 e. The first-order chi connectivity index (χ1) is 8.97. The number of pyridine rings is 1. The molecular weight excluding hydrogens is 242 g/mol. The zero-order valence-electron chi connectivity index (χ0n) is 10.8. The largest absolute Gasteiger partial charge is 0.399 e. The van der Waals surface area contributed by atoms with Crippen LogP contribution in [-0.4, -0.2) is 10.5 Å². The van der Waals surface area contributed by atoms with E-state index in [1.54, 1.807) is 37.5 Å². The second-order valence-corrected chi connectivity index (χ2v) is 4.39. The molecule has 2 aromatic rings. The second-order valence-electron chi connectivity index (χ2n) is 4.39. The summed E-state index contributed by atoms with van der Waals surface area (Å²) in [6.45, 7) is 1.85. The summed E-state index contributed by atoms with van der Waals surface area (Å²) in [7, 11) is 1.63. The molecule has 0 radical (unpaired) electrons. The monoisotopic (exact) mass is 257 g/mol. The quantitative estimate of drug-likeness (QED) is 0.801. The smallest absolute Gasteiger partial charge is 0.255 e. The Labute approximate surface area is 110 Å². The number of aryl methyl sites for hydroxylation is 2. The van der Waals surface area contributed by atoms with Gasteiger partial charge in [-0.15, -0.1) is 0 Å². The van der Waals surface area contributed by atoms with E-state index in [9.17, 15) is 9.59 Å². The molecule has 0 aliphatic rings. The van der Waals surface area contributed by atoms with Crippen LogP contribution in [0.1, 0.15) is 15.9 Å². The van der Waals surface area contributed by atoms with E-state index in [-0.39, 0.29) is 11.5 Å². The predicted octanol–water partition coefficient (Wildman–Crippen LogP) is 1.53. The van der Waals surface area contributed by atoms with Crippen LogP contribution in [0.15, 0.2) is 41.3 Å². The standard InChI is InChI=1S/C14H15N3O2/c1-9-7-10(3-5-12(9)15)14(19)16-11-4-6-13(18)17(2)8-11/h3-8H,15H2,1-2H3,(H,16,19). The highest BCUT2D eigenvalue weighted by Gasteiger charge is 2.07. The number of nitrogens with one attached hydrogen (secondary N) is 1. The number of carbonyl (C=O) groups is 1. The van der Waals surface area contributed by atoms with Crippen LogP contribution >= 0.6 is 0 Å². The van der Waals surface area contributed by atoms with E-state index in [4.69, 9.17) is 5.73 Å². The lowest BCUT2D eigenvalue weighted by Crippen LogP contribution is -2.18. The molecule has 0 fully saturated rings. The lowest BCUT2D eigenvalue weighted by Gasteiger charge is -2.08. The van der Waals surface area contributed by atoms with Gasteiger partial charge in [-0.1, -0.05) is 0 Å². The van der Waals surface area contributed by atoms with E-state index in [0.29, 0.717) is 16.9 Å². The Balaban J connectivity index is 2.22. The summed E-state index contributed by atoms with van der Waals surface area (Å²) in [5.41, 5.74) is 8.19. The molecule has 0 spiro atoms. The Morgan fingerprint density at radius 2 is 2.00 bits per heavy atom.